The summed E-state index contributed by atoms with van der Waals surface area (Å²) < 4.78 is 2.00. The number of hydrogen-bond donors (Lipinski definition) is 1. The molecule has 0 aliphatic heterocycles. The maximum Gasteiger partial charge on any atom is 0.0568 e. The van der Waals surface area contributed by atoms with Crippen molar-refractivity contribution in [3.8, 4) is 11.1 Å². The van der Waals surface area contributed by atoms with Crippen LogP contribution in [-0.4, -0.2) is 22.9 Å². The molecule has 0 radical (unpaired) electrons. The van der Waals surface area contributed by atoms with Gasteiger partial charge in [0.2, 0.25) is 0 Å². The first kappa shape index (κ1) is 13.8. The third kappa shape index (κ3) is 4.52. The molecule has 0 aliphatic rings. The molecule has 0 fully saturated rings. The maximum absolute atomic E-state index is 4.40. The highest BCUT2D eigenvalue weighted by molar-refractivity contribution is 5.61. The largest absolute Gasteiger partial charge is 0.315 e. The second-order valence-electron chi connectivity index (χ2n) is 5.29. The highest BCUT2D eigenvalue weighted by Gasteiger charge is 2.00. The van der Waals surface area contributed by atoms with Crippen LogP contribution in [0, 0.1) is 5.92 Å². The monoisotopic (exact) mass is 257 g/mol. The van der Waals surface area contributed by atoms with Crippen LogP contribution in [0.1, 0.15) is 20.3 Å². The molecule has 3 nitrogen and oxygen atoms in total. The number of rotatable bonds is 7. The van der Waals surface area contributed by atoms with Crippen molar-refractivity contribution in [1.82, 2.24) is 15.1 Å². The van der Waals surface area contributed by atoms with Gasteiger partial charge in [-0.2, -0.15) is 5.10 Å². The van der Waals surface area contributed by atoms with Crippen LogP contribution in [0.5, 0.6) is 0 Å². The Labute approximate surface area is 115 Å². The van der Waals surface area contributed by atoms with Crippen LogP contribution in [0.15, 0.2) is 42.7 Å². The summed E-state index contributed by atoms with van der Waals surface area (Å²) >= 11 is 0. The minimum Gasteiger partial charge on any atom is -0.315 e. The average molecular weight is 257 g/mol. The van der Waals surface area contributed by atoms with E-state index < -0.39 is 0 Å². The van der Waals surface area contributed by atoms with Gasteiger partial charge in [-0.1, -0.05) is 44.2 Å². The smallest absolute Gasteiger partial charge is 0.0568 e. The first-order valence-corrected chi connectivity index (χ1v) is 7.04. The molecule has 0 saturated heterocycles. The van der Waals surface area contributed by atoms with Crippen LogP contribution in [0.3, 0.4) is 0 Å². The van der Waals surface area contributed by atoms with Gasteiger partial charge in [-0.25, -0.2) is 0 Å². The van der Waals surface area contributed by atoms with E-state index in [0.29, 0.717) is 0 Å². The lowest BCUT2D eigenvalue weighted by atomic mass is 10.1. The normalized spacial score (nSPS) is 11.1. The molecule has 19 heavy (non-hydrogen) atoms. The Hall–Kier alpha value is -1.61. The van der Waals surface area contributed by atoms with Crippen molar-refractivity contribution in [2.45, 2.75) is 26.8 Å². The Morgan fingerprint density at radius 2 is 1.89 bits per heavy atom. The Morgan fingerprint density at radius 1 is 1.11 bits per heavy atom. The Morgan fingerprint density at radius 3 is 2.63 bits per heavy atom. The molecule has 0 saturated carbocycles. The summed E-state index contributed by atoms with van der Waals surface area (Å²) in [5.41, 5.74) is 2.41. The van der Waals surface area contributed by atoms with Gasteiger partial charge in [0.25, 0.3) is 0 Å². The van der Waals surface area contributed by atoms with E-state index in [1.165, 1.54) is 17.5 Å². The predicted octanol–water partition coefficient (Wildman–Crippen LogP) is 3.19. The summed E-state index contributed by atoms with van der Waals surface area (Å²) in [6, 6.07) is 10.4. The van der Waals surface area contributed by atoms with E-state index in [-0.39, 0.29) is 0 Å². The van der Waals surface area contributed by atoms with Crippen molar-refractivity contribution >= 4 is 0 Å². The summed E-state index contributed by atoms with van der Waals surface area (Å²) in [6.45, 7) is 7.49. The summed E-state index contributed by atoms with van der Waals surface area (Å²) in [5, 5.41) is 7.86. The molecule has 0 unspecified atom stereocenters. The second kappa shape index (κ2) is 7.10. The quantitative estimate of drug-likeness (QED) is 0.772. The fourth-order valence-corrected chi connectivity index (χ4v) is 1.97. The lowest BCUT2D eigenvalue weighted by Gasteiger charge is -2.06. The van der Waals surface area contributed by atoms with E-state index in [0.717, 1.165) is 25.6 Å². The molecule has 2 aromatic rings. The van der Waals surface area contributed by atoms with Gasteiger partial charge in [-0.15, -0.1) is 0 Å². The van der Waals surface area contributed by atoms with Crippen molar-refractivity contribution < 1.29 is 0 Å². The van der Waals surface area contributed by atoms with Crippen molar-refractivity contribution in [2.24, 2.45) is 5.92 Å². The van der Waals surface area contributed by atoms with Gasteiger partial charge >= 0.3 is 0 Å². The third-order valence-electron chi connectivity index (χ3n) is 3.16. The number of aromatic nitrogens is 2. The number of nitrogens with one attached hydrogen (secondary N) is 1. The Kier molecular flexibility index (Phi) is 5.16. The first-order chi connectivity index (χ1) is 9.25. The number of nitrogens with zero attached hydrogens (tertiary/aromatic N) is 2. The zero-order valence-corrected chi connectivity index (χ0v) is 11.8. The van der Waals surface area contributed by atoms with Gasteiger partial charge in [-0.3, -0.25) is 4.68 Å². The highest BCUT2D eigenvalue weighted by atomic mass is 15.3. The molecular weight excluding hydrogens is 234 g/mol. The van der Waals surface area contributed by atoms with Gasteiger partial charge in [0, 0.05) is 18.3 Å². The van der Waals surface area contributed by atoms with Gasteiger partial charge < -0.3 is 5.32 Å². The van der Waals surface area contributed by atoms with E-state index >= 15 is 0 Å². The first-order valence-electron chi connectivity index (χ1n) is 7.04. The summed E-state index contributed by atoms with van der Waals surface area (Å²) in [7, 11) is 0. The molecule has 3 heteroatoms. The lowest BCUT2D eigenvalue weighted by Crippen LogP contribution is -2.22. The molecule has 1 aromatic heterocycles. The van der Waals surface area contributed by atoms with Crippen LogP contribution < -0.4 is 5.32 Å². The molecule has 0 spiro atoms. The zero-order valence-electron chi connectivity index (χ0n) is 11.8. The zero-order chi connectivity index (χ0) is 13.5. The van der Waals surface area contributed by atoms with Crippen LogP contribution >= 0.6 is 0 Å². The Bertz CT molecular complexity index is 474. The molecular formula is C16H23N3. The molecule has 0 bridgehead atoms. The van der Waals surface area contributed by atoms with Crippen molar-refractivity contribution in [2.75, 3.05) is 13.1 Å². The van der Waals surface area contributed by atoms with Crippen molar-refractivity contribution in [1.29, 1.82) is 0 Å². The van der Waals surface area contributed by atoms with Crippen LogP contribution in [0.4, 0.5) is 0 Å². The molecule has 0 amide bonds. The summed E-state index contributed by atoms with van der Waals surface area (Å²) in [6.07, 6.45) is 5.28. The van der Waals surface area contributed by atoms with Gasteiger partial charge in [0.15, 0.2) is 0 Å². The molecule has 1 N–H and O–H groups in total. The molecule has 0 aliphatic carbocycles. The van der Waals surface area contributed by atoms with Crippen LogP contribution in [-0.2, 0) is 6.54 Å². The summed E-state index contributed by atoms with van der Waals surface area (Å²) in [5.74, 6) is 0.766. The van der Waals surface area contributed by atoms with E-state index in [1.54, 1.807) is 0 Å². The summed E-state index contributed by atoms with van der Waals surface area (Å²) in [4.78, 5) is 0. The average Bonchev–Trinajstić information content (AvgIpc) is 2.88. The third-order valence-corrected chi connectivity index (χ3v) is 3.16. The van der Waals surface area contributed by atoms with Gasteiger partial charge in [0.1, 0.15) is 0 Å². The molecule has 1 heterocycles. The fourth-order valence-electron chi connectivity index (χ4n) is 1.97. The van der Waals surface area contributed by atoms with E-state index in [9.17, 15) is 0 Å². The SMILES string of the molecule is CC(C)CCNCCn1cc(-c2ccccc2)cn1. The molecule has 0 atom stereocenters. The highest BCUT2D eigenvalue weighted by Crippen LogP contribution is 2.17. The van der Waals surface area contributed by atoms with Crippen molar-refractivity contribution in [3.63, 3.8) is 0 Å². The van der Waals surface area contributed by atoms with E-state index in [1.807, 2.05) is 16.9 Å². The topological polar surface area (TPSA) is 29.9 Å². The Balaban J connectivity index is 1.78. The van der Waals surface area contributed by atoms with Crippen molar-refractivity contribution in [3.05, 3.63) is 42.7 Å². The standard InChI is InChI=1S/C16H23N3/c1-14(2)8-9-17-10-11-19-13-16(12-18-19)15-6-4-3-5-7-15/h3-7,12-14,17H,8-11H2,1-2H3. The minimum absolute atomic E-state index is 0.766. The minimum atomic E-state index is 0.766. The van der Waals surface area contributed by atoms with Gasteiger partial charge in [0.05, 0.1) is 12.7 Å². The fraction of sp³-hybridized carbons (Fsp3) is 0.438. The van der Waals surface area contributed by atoms with Gasteiger partial charge in [-0.05, 0) is 24.4 Å². The van der Waals surface area contributed by atoms with Crippen LogP contribution in [0.2, 0.25) is 0 Å². The van der Waals surface area contributed by atoms with E-state index in [4.69, 9.17) is 0 Å². The van der Waals surface area contributed by atoms with Crippen LogP contribution in [0.25, 0.3) is 11.1 Å². The number of benzene rings is 1. The second-order valence-corrected chi connectivity index (χ2v) is 5.29. The maximum atomic E-state index is 4.40. The molecule has 1 aromatic carbocycles. The molecule has 102 valence electrons. The predicted molar refractivity (Wildman–Crippen MR) is 80.0 cm³/mol. The lowest BCUT2D eigenvalue weighted by molar-refractivity contribution is 0.505. The number of hydrogen-bond acceptors (Lipinski definition) is 2. The van der Waals surface area contributed by atoms with E-state index in [2.05, 4.69) is 54.7 Å². The molecule has 2 rings (SSSR count).